The van der Waals surface area contributed by atoms with Gasteiger partial charge in [0.2, 0.25) is 0 Å². The molecule has 1 aliphatic rings. The highest BCUT2D eigenvalue weighted by molar-refractivity contribution is 6.31. The van der Waals surface area contributed by atoms with Crippen molar-refractivity contribution >= 4 is 29.4 Å². The predicted molar refractivity (Wildman–Crippen MR) is 110 cm³/mol. The van der Waals surface area contributed by atoms with E-state index < -0.39 is 5.60 Å². The first-order chi connectivity index (χ1) is 13.1. The molecule has 0 radical (unpaired) electrons. The van der Waals surface area contributed by atoms with E-state index in [1.807, 2.05) is 20.8 Å². The molecule has 2 rings (SSSR count). The third kappa shape index (κ3) is 6.48. The van der Waals surface area contributed by atoms with E-state index in [1.165, 1.54) is 0 Å². The lowest BCUT2D eigenvalue weighted by Crippen LogP contribution is -2.46. The molecule has 1 saturated heterocycles. The summed E-state index contributed by atoms with van der Waals surface area (Å²) in [6.07, 6.45) is 1.49. The monoisotopic (exact) mass is 411 g/mol. The van der Waals surface area contributed by atoms with E-state index in [0.717, 1.165) is 12.8 Å². The number of hydrogen-bond acceptors (Lipinski definition) is 4. The highest BCUT2D eigenvalue weighted by Crippen LogP contribution is 2.28. The van der Waals surface area contributed by atoms with E-state index in [2.05, 4.69) is 5.32 Å². The number of nitrogens with one attached hydrogen (secondary N) is 1. The standard InChI is InChI=1S/C20H30ClN3O4/c1-20(2,3)28-19(26)23(4)12-14-7-6-10-24(13-14)18(25)22-16-11-15(21)8-9-17(16)27-5/h8-9,11,14H,6-7,10,12-13H2,1-5H3,(H,22,25). The SMILES string of the molecule is COc1ccc(Cl)cc1NC(=O)N1CCCC(CN(C)C(=O)OC(C)(C)C)C1. The van der Waals surface area contributed by atoms with E-state index in [1.54, 1.807) is 42.2 Å². The van der Waals surface area contributed by atoms with Crippen molar-refractivity contribution in [2.24, 2.45) is 5.92 Å². The molecule has 7 nitrogen and oxygen atoms in total. The molecule has 1 aromatic rings. The lowest BCUT2D eigenvalue weighted by Gasteiger charge is -2.35. The molecule has 0 aliphatic carbocycles. The largest absolute Gasteiger partial charge is 0.495 e. The van der Waals surface area contributed by atoms with Crippen molar-refractivity contribution in [3.05, 3.63) is 23.2 Å². The van der Waals surface area contributed by atoms with E-state index in [0.29, 0.717) is 36.1 Å². The smallest absolute Gasteiger partial charge is 0.410 e. The van der Waals surface area contributed by atoms with Crippen molar-refractivity contribution in [1.82, 2.24) is 9.80 Å². The van der Waals surface area contributed by atoms with Gasteiger partial charge in [0, 0.05) is 31.7 Å². The Bertz CT molecular complexity index is 705. The van der Waals surface area contributed by atoms with Gasteiger partial charge in [0.25, 0.3) is 0 Å². The highest BCUT2D eigenvalue weighted by atomic mass is 35.5. The minimum atomic E-state index is -0.528. The molecule has 28 heavy (non-hydrogen) atoms. The Hall–Kier alpha value is -2.15. The van der Waals surface area contributed by atoms with Crippen LogP contribution < -0.4 is 10.1 Å². The lowest BCUT2D eigenvalue weighted by molar-refractivity contribution is 0.0253. The normalized spacial score (nSPS) is 17.1. The molecule has 3 amide bonds. The molecule has 1 heterocycles. The first-order valence-corrected chi connectivity index (χ1v) is 9.80. The molecule has 0 spiro atoms. The highest BCUT2D eigenvalue weighted by Gasteiger charge is 2.27. The van der Waals surface area contributed by atoms with Gasteiger partial charge in [0.15, 0.2) is 0 Å². The van der Waals surface area contributed by atoms with Crippen LogP contribution in [0.15, 0.2) is 18.2 Å². The Kier molecular flexibility index (Phi) is 7.41. The number of likely N-dealkylation sites (tertiary alicyclic amines) is 1. The van der Waals surface area contributed by atoms with Crippen LogP contribution in [-0.2, 0) is 4.74 Å². The molecule has 1 unspecified atom stereocenters. The Labute approximate surface area is 171 Å². The molecule has 8 heteroatoms. The summed E-state index contributed by atoms with van der Waals surface area (Å²) in [5.74, 6) is 0.745. The summed E-state index contributed by atoms with van der Waals surface area (Å²) in [6.45, 7) is 7.31. The number of halogens is 1. The summed E-state index contributed by atoms with van der Waals surface area (Å²) in [6, 6.07) is 4.88. The van der Waals surface area contributed by atoms with E-state index >= 15 is 0 Å². The Balaban J connectivity index is 1.94. The lowest BCUT2D eigenvalue weighted by atomic mass is 9.98. The van der Waals surface area contributed by atoms with Crippen molar-refractivity contribution < 1.29 is 19.1 Å². The van der Waals surface area contributed by atoms with Crippen LogP contribution in [0.25, 0.3) is 0 Å². The number of nitrogens with zero attached hydrogens (tertiary/aromatic N) is 2. The van der Waals surface area contributed by atoms with Crippen molar-refractivity contribution in [1.29, 1.82) is 0 Å². The van der Waals surface area contributed by atoms with E-state index in [4.69, 9.17) is 21.1 Å². The van der Waals surface area contributed by atoms with Gasteiger partial charge in [-0.2, -0.15) is 0 Å². The number of hydrogen-bond donors (Lipinski definition) is 1. The summed E-state index contributed by atoms with van der Waals surface area (Å²) in [7, 11) is 3.27. The van der Waals surface area contributed by atoms with Gasteiger partial charge in [-0.15, -0.1) is 0 Å². The molecule has 1 fully saturated rings. The van der Waals surface area contributed by atoms with Crippen LogP contribution in [0.5, 0.6) is 5.75 Å². The van der Waals surface area contributed by atoms with Gasteiger partial charge in [-0.1, -0.05) is 11.6 Å². The summed E-state index contributed by atoms with van der Waals surface area (Å²) in [4.78, 5) is 28.2. The fraction of sp³-hybridized carbons (Fsp3) is 0.600. The predicted octanol–water partition coefficient (Wildman–Crippen LogP) is 4.46. The molecule has 1 aromatic carbocycles. The summed E-state index contributed by atoms with van der Waals surface area (Å²) in [5.41, 5.74) is 0.00725. The average Bonchev–Trinajstić information content (AvgIpc) is 2.60. The Morgan fingerprint density at radius 2 is 2.07 bits per heavy atom. The van der Waals surface area contributed by atoms with E-state index in [-0.39, 0.29) is 18.0 Å². The summed E-state index contributed by atoms with van der Waals surface area (Å²) >= 11 is 6.03. The molecular formula is C20H30ClN3O4. The van der Waals surface area contributed by atoms with Crippen molar-refractivity contribution in [3.8, 4) is 5.75 Å². The minimum Gasteiger partial charge on any atom is -0.495 e. The summed E-state index contributed by atoms with van der Waals surface area (Å²) < 4.78 is 10.7. The van der Waals surface area contributed by atoms with Gasteiger partial charge in [0.05, 0.1) is 12.8 Å². The van der Waals surface area contributed by atoms with Crippen LogP contribution in [-0.4, -0.2) is 61.3 Å². The second-order valence-electron chi connectivity index (χ2n) is 8.09. The van der Waals surface area contributed by atoms with Gasteiger partial charge < -0.3 is 24.6 Å². The molecule has 1 aliphatic heterocycles. The first kappa shape index (κ1) is 22.1. The number of carbonyl (C=O) groups is 2. The van der Waals surface area contributed by atoms with Crippen LogP contribution in [0.3, 0.4) is 0 Å². The van der Waals surface area contributed by atoms with Gasteiger partial charge in [-0.05, 0) is 57.7 Å². The number of piperidine rings is 1. The maximum atomic E-state index is 12.7. The van der Waals surface area contributed by atoms with Gasteiger partial charge >= 0.3 is 12.1 Å². The summed E-state index contributed by atoms with van der Waals surface area (Å²) in [5, 5.41) is 3.39. The van der Waals surface area contributed by atoms with Crippen molar-refractivity contribution in [2.45, 2.75) is 39.2 Å². The molecule has 156 valence electrons. The Morgan fingerprint density at radius 3 is 2.71 bits per heavy atom. The number of amides is 3. The second kappa shape index (κ2) is 9.37. The number of rotatable bonds is 4. The van der Waals surface area contributed by atoms with Gasteiger partial charge in [0.1, 0.15) is 11.4 Å². The fourth-order valence-electron chi connectivity index (χ4n) is 3.17. The molecule has 1 atom stereocenters. The van der Waals surface area contributed by atoms with Crippen LogP contribution in [0.4, 0.5) is 15.3 Å². The quantitative estimate of drug-likeness (QED) is 0.793. The third-order valence-electron chi connectivity index (χ3n) is 4.45. The molecule has 0 saturated carbocycles. The van der Waals surface area contributed by atoms with Gasteiger partial charge in [-0.25, -0.2) is 9.59 Å². The zero-order valence-corrected chi connectivity index (χ0v) is 18.0. The maximum Gasteiger partial charge on any atom is 0.410 e. The minimum absolute atomic E-state index is 0.193. The maximum absolute atomic E-state index is 12.7. The molecule has 0 bridgehead atoms. The molecule has 1 N–H and O–H groups in total. The van der Waals surface area contributed by atoms with Crippen LogP contribution >= 0.6 is 11.6 Å². The topological polar surface area (TPSA) is 71.1 Å². The number of carbonyl (C=O) groups excluding carboxylic acids is 2. The van der Waals surface area contributed by atoms with Crippen molar-refractivity contribution in [3.63, 3.8) is 0 Å². The number of methoxy groups -OCH3 is 1. The number of ether oxygens (including phenoxy) is 2. The second-order valence-corrected chi connectivity index (χ2v) is 8.53. The van der Waals surface area contributed by atoms with Crippen LogP contribution in [0.1, 0.15) is 33.6 Å². The van der Waals surface area contributed by atoms with E-state index in [9.17, 15) is 9.59 Å². The number of anilines is 1. The third-order valence-corrected chi connectivity index (χ3v) is 4.68. The first-order valence-electron chi connectivity index (χ1n) is 9.42. The zero-order chi connectivity index (χ0) is 20.9. The fourth-order valence-corrected chi connectivity index (χ4v) is 3.34. The molecule has 0 aromatic heterocycles. The number of urea groups is 1. The average molecular weight is 412 g/mol. The zero-order valence-electron chi connectivity index (χ0n) is 17.3. The van der Waals surface area contributed by atoms with Crippen LogP contribution in [0, 0.1) is 5.92 Å². The van der Waals surface area contributed by atoms with Crippen LogP contribution in [0.2, 0.25) is 5.02 Å². The molecular weight excluding hydrogens is 382 g/mol. The Morgan fingerprint density at radius 1 is 1.36 bits per heavy atom. The number of benzene rings is 1. The van der Waals surface area contributed by atoms with Gasteiger partial charge in [-0.3, -0.25) is 0 Å². The van der Waals surface area contributed by atoms with Crippen molar-refractivity contribution in [2.75, 3.05) is 39.1 Å².